The maximum absolute atomic E-state index is 10.7. The van der Waals surface area contributed by atoms with Gasteiger partial charge in [-0.2, -0.15) is 15.2 Å². The molecule has 2 fully saturated rings. The number of hydrogen-bond acceptors (Lipinski definition) is 10. The molecule has 0 spiro atoms. The molecule has 0 bridgehead atoms. The Morgan fingerprint density at radius 3 is 2.85 bits per heavy atom. The topological polar surface area (TPSA) is 127 Å². The zero-order valence-corrected chi connectivity index (χ0v) is 26.9. The van der Waals surface area contributed by atoms with Crippen LogP contribution in [0, 0.1) is 11.3 Å². The van der Waals surface area contributed by atoms with E-state index in [1.54, 1.807) is 0 Å². The van der Waals surface area contributed by atoms with E-state index in [0.717, 1.165) is 97.0 Å². The van der Waals surface area contributed by atoms with Gasteiger partial charge in [0.05, 0.1) is 42.8 Å². The SMILES string of the molecule is N#CC[C@H]1CN(c2nc(OC[C@@H]3CCCN3CCCOCCC(=O)O)nc3c2CCN(c2cccc4cccc(Cl)c24)C3)CCN1. The minimum absolute atomic E-state index is 0.0311. The molecule has 0 aliphatic carbocycles. The second-order valence-corrected chi connectivity index (χ2v) is 12.7. The lowest BCUT2D eigenvalue weighted by atomic mass is 10.0. The zero-order valence-electron chi connectivity index (χ0n) is 26.2. The van der Waals surface area contributed by atoms with Crippen LogP contribution in [-0.4, -0.2) is 97.1 Å². The number of rotatable bonds is 13. The third kappa shape index (κ3) is 7.64. The summed E-state index contributed by atoms with van der Waals surface area (Å²) >= 11 is 6.71. The van der Waals surface area contributed by atoms with Crippen LogP contribution in [0.4, 0.5) is 11.5 Å². The summed E-state index contributed by atoms with van der Waals surface area (Å²) in [5.41, 5.74) is 3.21. The van der Waals surface area contributed by atoms with Gasteiger partial charge in [0.2, 0.25) is 0 Å². The maximum atomic E-state index is 10.7. The van der Waals surface area contributed by atoms with Gasteiger partial charge >= 0.3 is 12.0 Å². The Balaban J connectivity index is 1.20. The lowest BCUT2D eigenvalue weighted by Gasteiger charge is -2.37. The van der Waals surface area contributed by atoms with Crippen LogP contribution < -0.4 is 19.9 Å². The predicted molar refractivity (Wildman–Crippen MR) is 178 cm³/mol. The summed E-state index contributed by atoms with van der Waals surface area (Å²) in [6, 6.07) is 15.4. The average Bonchev–Trinajstić information content (AvgIpc) is 3.52. The van der Waals surface area contributed by atoms with Crippen molar-refractivity contribution in [2.75, 3.05) is 68.9 Å². The van der Waals surface area contributed by atoms with E-state index in [-0.39, 0.29) is 25.1 Å². The molecule has 2 N–H and O–H groups in total. The van der Waals surface area contributed by atoms with Crippen molar-refractivity contribution in [1.82, 2.24) is 20.2 Å². The van der Waals surface area contributed by atoms with Gasteiger partial charge in [0.15, 0.2) is 0 Å². The fraction of sp³-hybridized carbons (Fsp3) is 0.529. The summed E-state index contributed by atoms with van der Waals surface area (Å²) in [4.78, 5) is 27.8. The molecule has 2 aromatic carbocycles. The number of aliphatic carboxylic acids is 1. The Hall–Kier alpha value is -3.69. The summed E-state index contributed by atoms with van der Waals surface area (Å²) < 4.78 is 11.9. The highest BCUT2D eigenvalue weighted by Gasteiger charge is 2.30. The van der Waals surface area contributed by atoms with Gasteiger partial charge in [0, 0.05) is 68.1 Å². The number of benzene rings is 2. The number of nitrogens with one attached hydrogen (secondary N) is 1. The number of carbonyl (C=O) groups is 1. The first-order valence-electron chi connectivity index (χ1n) is 16.3. The number of carboxylic acids is 1. The lowest BCUT2D eigenvalue weighted by Crippen LogP contribution is -2.51. The van der Waals surface area contributed by atoms with Crippen LogP contribution in [0.2, 0.25) is 5.02 Å². The van der Waals surface area contributed by atoms with Crippen molar-refractivity contribution in [2.24, 2.45) is 0 Å². The molecule has 0 amide bonds. The van der Waals surface area contributed by atoms with Crippen molar-refractivity contribution in [3.63, 3.8) is 0 Å². The number of ether oxygens (including phenoxy) is 2. The number of likely N-dealkylation sites (tertiary alicyclic amines) is 1. The Bertz CT molecular complexity index is 1560. The standard InChI is InChI=1S/C34H42ClN7O4/c35-28-8-1-5-24-6-2-9-30(32(24)28)41-17-11-27-29(22-41)38-34(39-33(27)42-18-14-37-25(21-42)10-13-36)46-23-26-7-3-15-40(26)16-4-19-45-20-12-31(43)44/h1-2,5-6,8-9,25-26,37H,3-4,7,10-12,14-23H2,(H,43,44)/t25-,26-/m0/s1. The lowest BCUT2D eigenvalue weighted by molar-refractivity contribution is -0.138. The van der Waals surface area contributed by atoms with Gasteiger partial charge < -0.3 is 29.7 Å². The Kier molecular flexibility index (Phi) is 10.7. The van der Waals surface area contributed by atoms with Crippen LogP contribution in [0.3, 0.4) is 0 Å². The van der Waals surface area contributed by atoms with Crippen molar-refractivity contribution >= 4 is 39.8 Å². The van der Waals surface area contributed by atoms with Crippen molar-refractivity contribution in [2.45, 2.75) is 57.2 Å². The van der Waals surface area contributed by atoms with E-state index < -0.39 is 5.97 Å². The number of aromatic nitrogens is 2. The molecule has 12 heteroatoms. The van der Waals surface area contributed by atoms with E-state index in [0.29, 0.717) is 38.7 Å². The molecular formula is C34H42ClN7O4. The van der Waals surface area contributed by atoms with Gasteiger partial charge in [-0.05, 0) is 49.7 Å². The van der Waals surface area contributed by atoms with Crippen LogP contribution in [0.5, 0.6) is 6.01 Å². The first-order chi connectivity index (χ1) is 22.5. The van der Waals surface area contributed by atoms with Gasteiger partial charge in [-0.15, -0.1) is 0 Å². The van der Waals surface area contributed by atoms with E-state index in [2.05, 4.69) is 50.4 Å². The van der Waals surface area contributed by atoms with E-state index >= 15 is 0 Å². The molecule has 2 saturated heterocycles. The number of nitrogens with zero attached hydrogens (tertiary/aromatic N) is 6. The number of hydrogen-bond donors (Lipinski definition) is 2. The molecule has 3 aliphatic rings. The smallest absolute Gasteiger partial charge is 0.318 e. The fourth-order valence-corrected chi connectivity index (χ4v) is 7.18. The van der Waals surface area contributed by atoms with Crippen LogP contribution in [-0.2, 0) is 22.5 Å². The van der Waals surface area contributed by atoms with E-state index in [4.69, 9.17) is 36.1 Å². The fourth-order valence-electron chi connectivity index (χ4n) is 6.91. The molecule has 3 aromatic rings. The summed E-state index contributed by atoms with van der Waals surface area (Å²) in [5.74, 6) is 0.0794. The summed E-state index contributed by atoms with van der Waals surface area (Å²) in [7, 11) is 0. The third-order valence-corrected chi connectivity index (χ3v) is 9.50. The van der Waals surface area contributed by atoms with Gasteiger partial charge in [-0.3, -0.25) is 9.69 Å². The van der Waals surface area contributed by atoms with Gasteiger partial charge in [0.1, 0.15) is 12.4 Å². The highest BCUT2D eigenvalue weighted by atomic mass is 35.5. The third-order valence-electron chi connectivity index (χ3n) is 9.19. The largest absolute Gasteiger partial charge is 0.481 e. The predicted octanol–water partition coefficient (Wildman–Crippen LogP) is 4.26. The van der Waals surface area contributed by atoms with Crippen LogP contribution in [0.15, 0.2) is 36.4 Å². The highest BCUT2D eigenvalue weighted by molar-refractivity contribution is 6.36. The molecule has 2 atom stereocenters. The highest BCUT2D eigenvalue weighted by Crippen LogP contribution is 2.37. The van der Waals surface area contributed by atoms with Crippen molar-refractivity contribution in [1.29, 1.82) is 5.26 Å². The van der Waals surface area contributed by atoms with Gasteiger partial charge in [0.25, 0.3) is 0 Å². The van der Waals surface area contributed by atoms with Crippen LogP contribution in [0.25, 0.3) is 10.8 Å². The Morgan fingerprint density at radius 2 is 2.00 bits per heavy atom. The molecule has 4 heterocycles. The Labute approximate surface area is 275 Å². The normalized spacial score (nSPS) is 20.1. The molecule has 46 heavy (non-hydrogen) atoms. The number of fused-ring (bicyclic) bond motifs is 2. The number of halogens is 1. The number of nitriles is 1. The first kappa shape index (κ1) is 32.3. The minimum atomic E-state index is -0.839. The second-order valence-electron chi connectivity index (χ2n) is 12.3. The summed E-state index contributed by atoms with van der Waals surface area (Å²) in [6.07, 6.45) is 4.27. The second kappa shape index (κ2) is 15.3. The van der Waals surface area contributed by atoms with Crippen LogP contribution in [0.1, 0.15) is 43.4 Å². The molecule has 0 unspecified atom stereocenters. The van der Waals surface area contributed by atoms with Crippen molar-refractivity contribution in [3.05, 3.63) is 52.7 Å². The minimum Gasteiger partial charge on any atom is -0.481 e. The molecule has 0 saturated carbocycles. The maximum Gasteiger partial charge on any atom is 0.318 e. The molecule has 0 radical (unpaired) electrons. The zero-order chi connectivity index (χ0) is 31.9. The summed E-state index contributed by atoms with van der Waals surface area (Å²) in [6.45, 7) is 6.92. The van der Waals surface area contributed by atoms with Gasteiger partial charge in [-0.25, -0.2) is 0 Å². The average molecular weight is 648 g/mol. The number of anilines is 2. The molecule has 6 rings (SSSR count). The van der Waals surface area contributed by atoms with Crippen molar-refractivity contribution in [3.8, 4) is 12.1 Å². The van der Waals surface area contributed by atoms with Crippen molar-refractivity contribution < 1.29 is 19.4 Å². The van der Waals surface area contributed by atoms with Gasteiger partial charge in [-0.1, -0.05) is 35.9 Å². The molecule has 3 aliphatic heterocycles. The molecule has 1 aromatic heterocycles. The van der Waals surface area contributed by atoms with E-state index in [9.17, 15) is 10.1 Å². The quantitative estimate of drug-likeness (QED) is 0.258. The van der Waals surface area contributed by atoms with E-state index in [1.807, 2.05) is 12.1 Å². The molecule has 11 nitrogen and oxygen atoms in total. The molecule has 244 valence electrons. The number of carboxylic acid groups (broad SMARTS) is 1. The number of piperazine rings is 1. The monoisotopic (exact) mass is 647 g/mol. The Morgan fingerprint density at radius 1 is 1.13 bits per heavy atom. The summed E-state index contributed by atoms with van der Waals surface area (Å²) in [5, 5.41) is 24.5. The first-order valence-corrected chi connectivity index (χ1v) is 16.7. The molecular weight excluding hydrogens is 606 g/mol. The van der Waals surface area contributed by atoms with E-state index in [1.165, 1.54) is 0 Å². The van der Waals surface area contributed by atoms with Crippen LogP contribution >= 0.6 is 11.6 Å².